The molecular formula is C17H17N5OS2. The molecule has 128 valence electrons. The van der Waals surface area contributed by atoms with Crippen LogP contribution in [-0.2, 0) is 18.7 Å². The number of aryl methyl sites for hydroxylation is 1. The lowest BCUT2D eigenvalue weighted by Crippen LogP contribution is -2.50. The number of aromatic nitrogens is 4. The summed E-state index contributed by atoms with van der Waals surface area (Å²) in [6.45, 7) is 2.50. The third kappa shape index (κ3) is 2.73. The molecule has 6 nitrogen and oxygen atoms in total. The number of hydrogen-bond acceptors (Lipinski definition) is 7. The maximum absolute atomic E-state index is 12.3. The van der Waals surface area contributed by atoms with Crippen LogP contribution in [0.5, 0.6) is 0 Å². The fourth-order valence-corrected chi connectivity index (χ4v) is 5.30. The highest BCUT2D eigenvalue weighted by molar-refractivity contribution is 7.98. The molecule has 0 amide bonds. The third-order valence-electron chi connectivity index (χ3n) is 4.82. The van der Waals surface area contributed by atoms with Gasteiger partial charge in [0.1, 0.15) is 12.1 Å². The first-order valence-electron chi connectivity index (χ1n) is 8.39. The molecule has 2 aliphatic heterocycles. The van der Waals surface area contributed by atoms with E-state index in [0.717, 1.165) is 58.3 Å². The summed E-state index contributed by atoms with van der Waals surface area (Å²) in [5, 5.41) is 6.67. The molecule has 0 N–H and O–H groups in total. The minimum atomic E-state index is 0.0300. The number of hydrogen-bond donors (Lipinski definition) is 0. The summed E-state index contributed by atoms with van der Waals surface area (Å²) in [7, 11) is 0. The zero-order valence-electron chi connectivity index (χ0n) is 13.6. The Bertz CT molecular complexity index is 992. The number of anilines is 1. The zero-order valence-corrected chi connectivity index (χ0v) is 15.2. The van der Waals surface area contributed by atoms with E-state index in [1.165, 1.54) is 0 Å². The summed E-state index contributed by atoms with van der Waals surface area (Å²) < 4.78 is 2.81. The van der Waals surface area contributed by atoms with E-state index in [9.17, 15) is 4.79 Å². The summed E-state index contributed by atoms with van der Waals surface area (Å²) in [5.74, 6) is 3.46. The molecule has 5 rings (SSSR count). The fourth-order valence-electron chi connectivity index (χ4n) is 3.49. The van der Waals surface area contributed by atoms with E-state index in [0.29, 0.717) is 12.5 Å². The molecule has 8 heteroatoms. The van der Waals surface area contributed by atoms with Crippen LogP contribution in [0.1, 0.15) is 11.3 Å². The Kier molecular flexibility index (Phi) is 3.74. The van der Waals surface area contributed by atoms with E-state index < -0.39 is 0 Å². The molecule has 0 spiro atoms. The van der Waals surface area contributed by atoms with Gasteiger partial charge in [-0.05, 0) is 22.8 Å². The fraction of sp³-hybridized carbons (Fsp3) is 0.412. The van der Waals surface area contributed by atoms with Crippen molar-refractivity contribution in [2.75, 3.05) is 23.7 Å². The van der Waals surface area contributed by atoms with Gasteiger partial charge in [-0.2, -0.15) is 16.9 Å². The molecule has 1 fully saturated rings. The molecule has 0 aliphatic carbocycles. The van der Waals surface area contributed by atoms with Gasteiger partial charge in [0.05, 0.1) is 22.5 Å². The number of rotatable bonds is 3. The summed E-state index contributed by atoms with van der Waals surface area (Å²) in [6, 6.07) is 3.81. The Morgan fingerprint density at radius 2 is 2.20 bits per heavy atom. The van der Waals surface area contributed by atoms with Crippen molar-refractivity contribution in [3.05, 3.63) is 45.5 Å². The van der Waals surface area contributed by atoms with Gasteiger partial charge in [0, 0.05) is 37.2 Å². The third-order valence-corrected chi connectivity index (χ3v) is 6.72. The Hall–Kier alpha value is -1.93. The predicted octanol–water partition coefficient (Wildman–Crippen LogP) is 2.17. The average molecular weight is 371 g/mol. The van der Waals surface area contributed by atoms with Gasteiger partial charge in [0.2, 0.25) is 0 Å². The van der Waals surface area contributed by atoms with Gasteiger partial charge in [-0.25, -0.2) is 14.6 Å². The van der Waals surface area contributed by atoms with Gasteiger partial charge in [-0.1, -0.05) is 0 Å². The molecule has 3 aromatic rings. The van der Waals surface area contributed by atoms with Crippen molar-refractivity contribution in [1.82, 2.24) is 19.7 Å². The Labute approximate surface area is 152 Å². The number of thioether (sulfide) groups is 1. The minimum absolute atomic E-state index is 0.0300. The lowest BCUT2D eigenvalue weighted by atomic mass is 10.0. The monoisotopic (exact) mass is 371 g/mol. The van der Waals surface area contributed by atoms with Crippen LogP contribution in [0.15, 0.2) is 28.6 Å². The molecule has 25 heavy (non-hydrogen) atoms. The normalized spacial score (nSPS) is 17.5. The van der Waals surface area contributed by atoms with E-state index in [1.54, 1.807) is 28.4 Å². The van der Waals surface area contributed by atoms with E-state index in [4.69, 9.17) is 0 Å². The maximum Gasteiger partial charge on any atom is 0.267 e. The standard InChI is InChI=1S/C17H17N5OS2/c23-15-5-12-9-24-3-1-13(12)20-22(15)8-11-6-21(7-11)17-16-14(2-4-25-16)18-10-19-17/h2,4-5,10-11H,1,3,6-9H2. The summed E-state index contributed by atoms with van der Waals surface area (Å²) in [5.41, 5.74) is 3.26. The van der Waals surface area contributed by atoms with Crippen molar-refractivity contribution in [2.24, 2.45) is 5.92 Å². The maximum atomic E-state index is 12.3. The average Bonchev–Trinajstić information content (AvgIpc) is 3.07. The second-order valence-electron chi connectivity index (χ2n) is 6.54. The second kappa shape index (κ2) is 6.10. The van der Waals surface area contributed by atoms with Crippen molar-refractivity contribution in [3.8, 4) is 0 Å². The highest BCUT2D eigenvalue weighted by Crippen LogP contribution is 2.32. The van der Waals surface area contributed by atoms with Crippen molar-refractivity contribution < 1.29 is 0 Å². The first kappa shape index (κ1) is 15.3. The number of thiophene rings is 1. The Balaban J connectivity index is 1.32. The van der Waals surface area contributed by atoms with Crippen molar-refractivity contribution >= 4 is 39.1 Å². The van der Waals surface area contributed by atoms with E-state index in [2.05, 4.69) is 25.3 Å². The first-order valence-corrected chi connectivity index (χ1v) is 10.4. The van der Waals surface area contributed by atoms with Gasteiger partial charge in [0.25, 0.3) is 5.56 Å². The van der Waals surface area contributed by atoms with Crippen LogP contribution in [0.3, 0.4) is 0 Å². The molecule has 0 aromatic carbocycles. The van der Waals surface area contributed by atoms with Gasteiger partial charge < -0.3 is 4.90 Å². The quantitative estimate of drug-likeness (QED) is 0.703. The van der Waals surface area contributed by atoms with Crippen LogP contribution in [0.2, 0.25) is 0 Å². The van der Waals surface area contributed by atoms with Crippen molar-refractivity contribution in [3.63, 3.8) is 0 Å². The van der Waals surface area contributed by atoms with Crippen LogP contribution in [0, 0.1) is 5.92 Å². The van der Waals surface area contributed by atoms with Crippen LogP contribution in [0.4, 0.5) is 5.82 Å². The smallest absolute Gasteiger partial charge is 0.267 e. The Morgan fingerprint density at radius 3 is 3.12 bits per heavy atom. The summed E-state index contributed by atoms with van der Waals surface area (Å²) in [4.78, 5) is 23.3. The Morgan fingerprint density at radius 1 is 1.28 bits per heavy atom. The van der Waals surface area contributed by atoms with Crippen molar-refractivity contribution in [2.45, 2.75) is 18.7 Å². The van der Waals surface area contributed by atoms with Crippen LogP contribution >= 0.6 is 23.1 Å². The lowest BCUT2D eigenvalue weighted by molar-refractivity contribution is 0.331. The van der Waals surface area contributed by atoms with Crippen LogP contribution in [-0.4, -0.2) is 38.6 Å². The predicted molar refractivity (Wildman–Crippen MR) is 101 cm³/mol. The lowest BCUT2D eigenvalue weighted by Gasteiger charge is -2.40. The first-order chi connectivity index (χ1) is 12.3. The topological polar surface area (TPSA) is 63.9 Å². The van der Waals surface area contributed by atoms with Gasteiger partial charge in [-0.15, -0.1) is 11.3 Å². The highest BCUT2D eigenvalue weighted by Gasteiger charge is 2.30. The number of fused-ring (bicyclic) bond motifs is 2. The second-order valence-corrected chi connectivity index (χ2v) is 8.56. The van der Waals surface area contributed by atoms with Gasteiger partial charge >= 0.3 is 0 Å². The molecule has 1 saturated heterocycles. The molecule has 3 aromatic heterocycles. The molecule has 0 unspecified atom stereocenters. The summed E-state index contributed by atoms with van der Waals surface area (Å²) in [6.07, 6.45) is 2.60. The van der Waals surface area contributed by atoms with E-state index in [-0.39, 0.29) is 5.56 Å². The summed E-state index contributed by atoms with van der Waals surface area (Å²) >= 11 is 3.55. The van der Waals surface area contributed by atoms with Crippen LogP contribution in [0.25, 0.3) is 10.2 Å². The molecule has 2 aliphatic rings. The van der Waals surface area contributed by atoms with Gasteiger partial charge in [-0.3, -0.25) is 4.79 Å². The minimum Gasteiger partial charge on any atom is -0.354 e. The van der Waals surface area contributed by atoms with Gasteiger partial charge in [0.15, 0.2) is 0 Å². The molecule has 0 atom stereocenters. The number of nitrogens with zero attached hydrogens (tertiary/aromatic N) is 5. The largest absolute Gasteiger partial charge is 0.354 e. The molecular weight excluding hydrogens is 354 g/mol. The molecule has 0 radical (unpaired) electrons. The van der Waals surface area contributed by atoms with Crippen molar-refractivity contribution in [1.29, 1.82) is 0 Å². The van der Waals surface area contributed by atoms with E-state index >= 15 is 0 Å². The molecule has 5 heterocycles. The van der Waals surface area contributed by atoms with Crippen LogP contribution < -0.4 is 10.5 Å². The molecule has 0 saturated carbocycles. The zero-order chi connectivity index (χ0) is 16.8. The highest BCUT2D eigenvalue weighted by atomic mass is 32.2. The van der Waals surface area contributed by atoms with E-state index in [1.807, 2.05) is 17.8 Å². The SMILES string of the molecule is O=c1cc2c(nn1CC1CN(c3ncnc4ccsc34)C1)CCSC2. The molecule has 0 bridgehead atoms.